The number of para-hydroxylation sites is 3. The highest BCUT2D eigenvalue weighted by atomic mass is 32.1. The molecule has 1 saturated carbocycles. The number of halogens is 3. The number of alkyl halides is 3. The van der Waals surface area contributed by atoms with Crippen LogP contribution in [0.15, 0.2) is 133 Å². The van der Waals surface area contributed by atoms with Gasteiger partial charge in [-0.1, -0.05) is 79.0 Å². The number of furan rings is 1. The van der Waals surface area contributed by atoms with E-state index in [1.165, 1.54) is 45.6 Å². The van der Waals surface area contributed by atoms with E-state index in [1.54, 1.807) is 92.6 Å². The number of thiophene rings is 1. The number of esters is 3. The molecule has 6 aromatic heterocycles. The molecule has 3 aliphatic heterocycles. The van der Waals surface area contributed by atoms with Crippen LogP contribution in [0.5, 0.6) is 0 Å². The fourth-order valence-electron chi connectivity index (χ4n) is 13.7. The number of carbonyl (C=O) groups is 6. The lowest BCUT2D eigenvalue weighted by Gasteiger charge is -2.37. The van der Waals surface area contributed by atoms with Gasteiger partial charge in [-0.05, 0) is 88.9 Å². The molecule has 3 amide bonds. The van der Waals surface area contributed by atoms with Crippen molar-refractivity contribution in [3.8, 4) is 0 Å². The molecule has 532 valence electrons. The van der Waals surface area contributed by atoms with Crippen LogP contribution in [0.1, 0.15) is 125 Å². The van der Waals surface area contributed by atoms with Crippen LogP contribution in [-0.2, 0) is 41.0 Å². The summed E-state index contributed by atoms with van der Waals surface area (Å²) in [7, 11) is 3.23. The van der Waals surface area contributed by atoms with Crippen molar-refractivity contribution in [2.24, 2.45) is 20.0 Å². The van der Waals surface area contributed by atoms with Gasteiger partial charge in [0.25, 0.3) is 34.4 Å². The van der Waals surface area contributed by atoms with Crippen molar-refractivity contribution < 1.29 is 65.1 Å². The van der Waals surface area contributed by atoms with E-state index in [9.17, 15) is 56.3 Å². The van der Waals surface area contributed by atoms with Gasteiger partial charge in [-0.15, -0.1) is 11.3 Å². The molecule has 9 aromatic rings. The second-order valence-electron chi connectivity index (χ2n) is 24.8. The van der Waals surface area contributed by atoms with Gasteiger partial charge in [-0.25, -0.2) is 14.4 Å². The topological polar surface area (TPSA) is 255 Å². The van der Waals surface area contributed by atoms with Crippen LogP contribution in [0, 0.1) is 12.8 Å². The Morgan fingerprint density at radius 2 is 0.950 bits per heavy atom. The molecular formula is C73H79F3N10O14S. The molecule has 28 heteroatoms. The molecule has 3 aromatic carbocycles. The van der Waals surface area contributed by atoms with E-state index < -0.39 is 46.0 Å². The molecule has 101 heavy (non-hydrogen) atoms. The molecule has 3 saturated heterocycles. The van der Waals surface area contributed by atoms with Crippen molar-refractivity contribution in [3.63, 3.8) is 0 Å². The van der Waals surface area contributed by atoms with E-state index in [0.29, 0.717) is 129 Å². The number of nitrogens with zero attached hydrogens (tertiary/aromatic N) is 10. The van der Waals surface area contributed by atoms with Crippen molar-refractivity contribution in [1.29, 1.82) is 0 Å². The van der Waals surface area contributed by atoms with Crippen LogP contribution >= 0.6 is 11.3 Å². The van der Waals surface area contributed by atoms with Gasteiger partial charge in [0, 0.05) is 121 Å². The summed E-state index contributed by atoms with van der Waals surface area (Å²) in [4.78, 5) is 127. The number of aromatic nitrogens is 4. The number of carbonyl (C=O) groups excluding carboxylic acids is 6. The van der Waals surface area contributed by atoms with Crippen LogP contribution in [0.3, 0.4) is 0 Å². The van der Waals surface area contributed by atoms with Gasteiger partial charge in [0.15, 0.2) is 11.5 Å². The number of amides is 3. The Bertz CT molecular complexity index is 4740. The molecule has 13 rings (SSSR count). The minimum absolute atomic E-state index is 0.0204. The van der Waals surface area contributed by atoms with Crippen LogP contribution in [0.2, 0.25) is 0 Å². The van der Waals surface area contributed by atoms with Crippen LogP contribution in [0.25, 0.3) is 32.7 Å². The smallest absolute Gasteiger partial charge is 0.425 e. The zero-order chi connectivity index (χ0) is 71.8. The molecule has 0 bridgehead atoms. The lowest BCUT2D eigenvalue weighted by molar-refractivity contribution is -0.134. The van der Waals surface area contributed by atoms with Gasteiger partial charge in [0.2, 0.25) is 0 Å². The summed E-state index contributed by atoms with van der Waals surface area (Å²) in [5, 5.41) is 6.15. The zero-order valence-corrected chi connectivity index (χ0v) is 57.9. The summed E-state index contributed by atoms with van der Waals surface area (Å²) in [5.41, 5.74) is 2.97. The first-order valence-electron chi connectivity index (χ1n) is 33.8. The summed E-state index contributed by atoms with van der Waals surface area (Å²) in [5.74, 6) is -1.46. The molecule has 0 radical (unpaired) electrons. The third-order valence-corrected chi connectivity index (χ3v) is 19.7. The summed E-state index contributed by atoms with van der Waals surface area (Å²) in [6.07, 6.45) is 2.80. The maximum absolute atomic E-state index is 13.9. The SMILES string of the molecule is CCOC(=O)c1c(N2CCN(C(=O)c3cc(C)on3)CC2)c2ccccc2n(C)c1=O.CCOC(=O)c1c(N2CCN(C(=O)c3ccc(C(F)(F)F)s3)CC2)c2ccccc2n(C)c1=O.CCOC(=O)c1c(N2CCN(C(=O)c3ccco3)CC2)c2ccccc2n(CC2CCCCC2)c1=O. The van der Waals surface area contributed by atoms with E-state index in [4.69, 9.17) is 23.2 Å². The summed E-state index contributed by atoms with van der Waals surface area (Å²) in [6, 6.07) is 29.5. The van der Waals surface area contributed by atoms with E-state index in [0.717, 1.165) is 40.7 Å². The molecule has 4 aliphatic rings. The number of ether oxygens (including phenoxy) is 3. The largest absolute Gasteiger partial charge is 0.462 e. The molecule has 1 aliphatic carbocycles. The van der Waals surface area contributed by atoms with Crippen LogP contribution in [-0.4, -0.2) is 168 Å². The molecular weight excluding hydrogens is 1330 g/mol. The zero-order valence-electron chi connectivity index (χ0n) is 57.0. The van der Waals surface area contributed by atoms with Gasteiger partial charge < -0.3 is 66.3 Å². The molecule has 0 atom stereocenters. The maximum atomic E-state index is 13.9. The Kier molecular flexibility index (Phi) is 22.3. The Hall–Kier alpha value is -10.5. The lowest BCUT2D eigenvalue weighted by Crippen LogP contribution is -2.49. The number of piperazine rings is 3. The average molecular weight is 1410 g/mol. The van der Waals surface area contributed by atoms with Crippen molar-refractivity contribution in [2.75, 3.05) is 113 Å². The normalized spacial score (nSPS) is 15.3. The number of hydrogen-bond acceptors (Lipinski definition) is 19. The van der Waals surface area contributed by atoms with E-state index >= 15 is 0 Å². The standard InChI is InChI=1S/C28H33N3O5.C23H22F3N3O4S.C22H24N4O5/c1-2-35-28(34)24-25(29-14-16-30(17-15-29)26(32)23-13-8-18-36-23)21-11-6-7-12-22(21)31(27(24)33)19-20-9-4-3-5-10-20;1-3-33-22(32)18-19(14-6-4-5-7-15(14)27(2)21(18)31)28-10-12-29(13-11-28)20(30)16-8-9-17(34-16)23(24,25)26;1-4-30-22(29)18-19(15-7-5-6-8-17(15)24(3)21(18)28)25-9-11-26(12-10-25)20(27)16-13-14(2)31-23-16/h6-8,11-13,18,20H,2-5,9-10,14-17,19H2,1H3;4-9H,3,10-13H2,1-2H3;5-8,13H,4,9-12H2,1-3H3. The molecule has 0 N–H and O–H groups in total. The fourth-order valence-corrected chi connectivity index (χ4v) is 14.5. The number of rotatable bonds is 14. The highest BCUT2D eigenvalue weighted by Crippen LogP contribution is 2.38. The van der Waals surface area contributed by atoms with E-state index in [2.05, 4.69) is 5.16 Å². The maximum Gasteiger partial charge on any atom is 0.425 e. The highest BCUT2D eigenvalue weighted by Gasteiger charge is 2.37. The Balaban J connectivity index is 0.000000153. The second-order valence-corrected chi connectivity index (χ2v) is 25.9. The molecule has 9 heterocycles. The molecule has 4 fully saturated rings. The number of pyridine rings is 3. The predicted octanol–water partition coefficient (Wildman–Crippen LogP) is 10.0. The van der Waals surface area contributed by atoms with Crippen molar-refractivity contribution in [3.05, 3.63) is 184 Å². The Labute approximate surface area is 582 Å². The molecule has 0 spiro atoms. The number of anilines is 3. The van der Waals surface area contributed by atoms with E-state index in [1.807, 2.05) is 69.3 Å². The number of benzene rings is 3. The monoisotopic (exact) mass is 1410 g/mol. The Morgan fingerprint density at radius 1 is 0.525 bits per heavy atom. The van der Waals surface area contributed by atoms with Crippen molar-refractivity contribution in [1.82, 2.24) is 33.6 Å². The quantitative estimate of drug-likeness (QED) is 0.0724. The Morgan fingerprint density at radius 3 is 1.37 bits per heavy atom. The fraction of sp³-hybridized carbons (Fsp3) is 0.397. The third kappa shape index (κ3) is 15.2. The lowest BCUT2D eigenvalue weighted by atomic mass is 9.89. The van der Waals surface area contributed by atoms with Crippen molar-refractivity contribution in [2.45, 2.75) is 72.5 Å². The summed E-state index contributed by atoms with van der Waals surface area (Å²) in [6.45, 7) is 12.7. The summed E-state index contributed by atoms with van der Waals surface area (Å²) >= 11 is 0.421. The number of fused-ring (bicyclic) bond motifs is 3. The first-order chi connectivity index (χ1) is 48.6. The minimum Gasteiger partial charge on any atom is -0.462 e. The van der Waals surface area contributed by atoms with Gasteiger partial charge in [0.05, 0.1) is 64.6 Å². The predicted molar refractivity (Wildman–Crippen MR) is 375 cm³/mol. The number of hydrogen-bond donors (Lipinski definition) is 0. The van der Waals surface area contributed by atoms with Gasteiger partial charge in [-0.2, -0.15) is 13.2 Å². The third-order valence-electron chi connectivity index (χ3n) is 18.6. The highest BCUT2D eigenvalue weighted by molar-refractivity contribution is 7.14. The van der Waals surface area contributed by atoms with Gasteiger partial charge in [0.1, 0.15) is 27.3 Å². The molecule has 24 nitrogen and oxygen atoms in total. The first-order valence-corrected chi connectivity index (χ1v) is 34.6. The summed E-state index contributed by atoms with van der Waals surface area (Å²) < 4.78 is 69.4. The van der Waals surface area contributed by atoms with Gasteiger partial charge >= 0.3 is 24.1 Å². The second kappa shape index (κ2) is 31.4. The van der Waals surface area contributed by atoms with Crippen LogP contribution < -0.4 is 31.4 Å². The minimum atomic E-state index is -4.49. The van der Waals surface area contributed by atoms with Crippen LogP contribution in [0.4, 0.5) is 30.2 Å². The molecule has 0 unspecified atom stereocenters. The van der Waals surface area contributed by atoms with Crippen molar-refractivity contribution >= 4 is 96.7 Å². The van der Waals surface area contributed by atoms with E-state index in [-0.39, 0.29) is 77.5 Å². The first kappa shape index (κ1) is 71.8. The average Bonchev–Trinajstić information content (AvgIpc) is 1.70. The van der Waals surface area contributed by atoms with Gasteiger partial charge in [-0.3, -0.25) is 28.8 Å². The number of aryl methyl sites for hydroxylation is 3.